The molecule has 0 radical (unpaired) electrons. The van der Waals surface area contributed by atoms with E-state index in [0.29, 0.717) is 5.75 Å². The van der Waals surface area contributed by atoms with E-state index in [1.165, 1.54) is 0 Å². The van der Waals surface area contributed by atoms with Gasteiger partial charge < -0.3 is 9.47 Å². The van der Waals surface area contributed by atoms with E-state index >= 15 is 0 Å². The van der Waals surface area contributed by atoms with Gasteiger partial charge in [0.25, 0.3) is 0 Å². The van der Waals surface area contributed by atoms with Crippen LogP contribution in [0, 0.1) is 0 Å². The minimum Gasteiger partial charge on any atom is -0.497 e. The first-order valence-corrected chi connectivity index (χ1v) is 7.29. The summed E-state index contributed by atoms with van der Waals surface area (Å²) >= 11 is 11.8. The summed E-state index contributed by atoms with van der Waals surface area (Å²) in [4.78, 5) is -0.601. The molecule has 0 saturated carbocycles. The van der Waals surface area contributed by atoms with Crippen LogP contribution in [0.2, 0.25) is 0 Å². The number of alkyl halides is 2. The van der Waals surface area contributed by atoms with Crippen LogP contribution < -0.4 is 9.47 Å². The third kappa shape index (κ3) is 4.16. The molecule has 0 N–H and O–H groups in total. The Balaban J connectivity index is 2.24. The maximum absolute atomic E-state index is 5.90. The van der Waals surface area contributed by atoms with Crippen molar-refractivity contribution in [3.05, 3.63) is 59.2 Å². The van der Waals surface area contributed by atoms with Gasteiger partial charge in [-0.1, -0.05) is 59.6 Å². The monoisotopic (exact) mass is 322 g/mol. The average Bonchev–Trinajstić information content (AvgIpc) is 2.52. The topological polar surface area (TPSA) is 18.5 Å². The molecule has 0 atom stereocenters. The number of hydrogen-bond donors (Lipinski definition) is 0. The molecule has 0 bridgehead atoms. The maximum atomic E-state index is 5.90. The van der Waals surface area contributed by atoms with E-state index in [2.05, 4.69) is 0 Å². The summed E-state index contributed by atoms with van der Waals surface area (Å²) < 4.78 is 10.5. The zero-order chi connectivity index (χ0) is 15.2. The first-order chi connectivity index (χ1) is 10.1. The SMILES string of the molecule is COc1cccc(C=Cc2ccc(C(Cl)Cl)c(OC)c2)c1. The van der Waals surface area contributed by atoms with Crippen molar-refractivity contribution in [3.63, 3.8) is 0 Å². The molecule has 0 spiro atoms. The molecule has 2 nitrogen and oxygen atoms in total. The molecule has 0 amide bonds. The van der Waals surface area contributed by atoms with Crippen LogP contribution in [-0.2, 0) is 0 Å². The molecule has 0 unspecified atom stereocenters. The van der Waals surface area contributed by atoms with Crippen molar-refractivity contribution in [2.45, 2.75) is 4.84 Å². The highest BCUT2D eigenvalue weighted by atomic mass is 35.5. The van der Waals surface area contributed by atoms with Gasteiger partial charge in [0.05, 0.1) is 14.2 Å². The van der Waals surface area contributed by atoms with Crippen LogP contribution in [0.15, 0.2) is 42.5 Å². The van der Waals surface area contributed by atoms with Gasteiger partial charge in [-0.25, -0.2) is 0 Å². The summed E-state index contributed by atoms with van der Waals surface area (Å²) in [6.45, 7) is 0. The van der Waals surface area contributed by atoms with Crippen LogP contribution >= 0.6 is 23.2 Å². The van der Waals surface area contributed by atoms with Crippen LogP contribution in [0.25, 0.3) is 12.2 Å². The van der Waals surface area contributed by atoms with Crippen molar-refractivity contribution in [3.8, 4) is 11.5 Å². The quantitative estimate of drug-likeness (QED) is 0.545. The van der Waals surface area contributed by atoms with E-state index in [4.69, 9.17) is 32.7 Å². The van der Waals surface area contributed by atoms with Crippen molar-refractivity contribution in [1.82, 2.24) is 0 Å². The van der Waals surface area contributed by atoms with E-state index in [-0.39, 0.29) is 0 Å². The molecule has 110 valence electrons. The fourth-order valence-electron chi connectivity index (χ4n) is 1.95. The largest absolute Gasteiger partial charge is 0.497 e. The Morgan fingerprint density at radius 3 is 2.24 bits per heavy atom. The number of hydrogen-bond acceptors (Lipinski definition) is 2. The molecular formula is C17H16Cl2O2. The Kier molecular flexibility index (Phi) is 5.54. The molecule has 2 aromatic rings. The van der Waals surface area contributed by atoms with Crippen molar-refractivity contribution >= 4 is 35.4 Å². The lowest BCUT2D eigenvalue weighted by Gasteiger charge is -2.09. The highest BCUT2D eigenvalue weighted by Gasteiger charge is 2.10. The molecule has 0 fully saturated rings. The van der Waals surface area contributed by atoms with Crippen molar-refractivity contribution < 1.29 is 9.47 Å². The van der Waals surface area contributed by atoms with Gasteiger partial charge in [-0.05, 0) is 29.3 Å². The van der Waals surface area contributed by atoms with Crippen molar-refractivity contribution in [1.29, 1.82) is 0 Å². The standard InChI is InChI=1S/C17H16Cl2O2/c1-20-14-5-3-4-12(10-14)6-7-13-8-9-15(17(18)19)16(11-13)21-2/h3-11,17H,1-2H3. The molecule has 21 heavy (non-hydrogen) atoms. The Bertz CT molecular complexity index is 636. The van der Waals surface area contributed by atoms with Crippen molar-refractivity contribution in [2.24, 2.45) is 0 Å². The number of rotatable bonds is 5. The van der Waals surface area contributed by atoms with Crippen LogP contribution in [0.3, 0.4) is 0 Å². The zero-order valence-corrected chi connectivity index (χ0v) is 13.4. The smallest absolute Gasteiger partial charge is 0.136 e. The Labute approximate surface area is 134 Å². The molecule has 0 aliphatic heterocycles. The molecular weight excluding hydrogens is 307 g/mol. The maximum Gasteiger partial charge on any atom is 0.136 e. The predicted octanol–water partition coefficient (Wildman–Crippen LogP) is 5.35. The van der Waals surface area contributed by atoms with Crippen LogP contribution in [0.5, 0.6) is 11.5 Å². The van der Waals surface area contributed by atoms with E-state index in [0.717, 1.165) is 22.4 Å². The second-order valence-electron chi connectivity index (χ2n) is 4.41. The van der Waals surface area contributed by atoms with Gasteiger partial charge >= 0.3 is 0 Å². The molecule has 0 saturated heterocycles. The fraction of sp³-hybridized carbons (Fsp3) is 0.176. The minimum absolute atomic E-state index is 0.601. The van der Waals surface area contributed by atoms with E-state index in [9.17, 15) is 0 Å². The summed E-state index contributed by atoms with van der Waals surface area (Å²) in [6.07, 6.45) is 4.01. The Morgan fingerprint density at radius 2 is 1.62 bits per heavy atom. The summed E-state index contributed by atoms with van der Waals surface area (Å²) in [6, 6.07) is 13.6. The number of benzene rings is 2. The van der Waals surface area contributed by atoms with Crippen LogP contribution in [-0.4, -0.2) is 14.2 Å². The Hall–Kier alpha value is -1.64. The van der Waals surface area contributed by atoms with Gasteiger partial charge in [0, 0.05) is 5.56 Å². The van der Waals surface area contributed by atoms with Gasteiger partial charge in [-0.15, -0.1) is 0 Å². The molecule has 2 rings (SSSR count). The minimum atomic E-state index is -0.601. The lowest BCUT2D eigenvalue weighted by atomic mass is 10.1. The third-order valence-corrected chi connectivity index (χ3v) is 3.52. The predicted molar refractivity (Wildman–Crippen MR) is 89.4 cm³/mol. The molecule has 2 aromatic carbocycles. The van der Waals surface area contributed by atoms with Crippen LogP contribution in [0.4, 0.5) is 0 Å². The van der Waals surface area contributed by atoms with Gasteiger partial charge in [0.1, 0.15) is 16.3 Å². The first kappa shape index (κ1) is 15.7. The Morgan fingerprint density at radius 1 is 0.905 bits per heavy atom. The zero-order valence-electron chi connectivity index (χ0n) is 11.8. The molecule has 0 heterocycles. The molecule has 0 aromatic heterocycles. The second-order valence-corrected chi connectivity index (χ2v) is 5.51. The molecule has 0 aliphatic carbocycles. The summed E-state index contributed by atoms with van der Waals surface area (Å²) in [5, 5.41) is 0. The summed E-state index contributed by atoms with van der Waals surface area (Å²) in [7, 11) is 3.26. The van der Waals surface area contributed by atoms with Gasteiger partial charge in [-0.2, -0.15) is 0 Å². The average molecular weight is 323 g/mol. The number of methoxy groups -OCH3 is 2. The van der Waals surface area contributed by atoms with Crippen molar-refractivity contribution in [2.75, 3.05) is 14.2 Å². The normalized spacial score (nSPS) is 11.1. The molecule has 0 aliphatic rings. The lowest BCUT2D eigenvalue weighted by Crippen LogP contribution is -1.91. The highest BCUT2D eigenvalue weighted by molar-refractivity contribution is 6.44. The van der Waals surface area contributed by atoms with Gasteiger partial charge in [0.2, 0.25) is 0 Å². The lowest BCUT2D eigenvalue weighted by molar-refractivity contribution is 0.411. The summed E-state index contributed by atoms with van der Waals surface area (Å²) in [5.41, 5.74) is 2.83. The fourth-order valence-corrected chi connectivity index (χ4v) is 2.31. The number of halogens is 2. The summed E-state index contributed by atoms with van der Waals surface area (Å²) in [5.74, 6) is 1.51. The van der Waals surface area contributed by atoms with E-state index in [1.807, 2.05) is 54.6 Å². The first-order valence-electron chi connectivity index (χ1n) is 6.42. The van der Waals surface area contributed by atoms with E-state index < -0.39 is 4.84 Å². The molecule has 4 heteroatoms. The van der Waals surface area contributed by atoms with E-state index in [1.54, 1.807) is 14.2 Å². The van der Waals surface area contributed by atoms with Gasteiger partial charge in [-0.3, -0.25) is 0 Å². The van der Waals surface area contributed by atoms with Gasteiger partial charge in [0.15, 0.2) is 0 Å². The van der Waals surface area contributed by atoms with Crippen LogP contribution in [0.1, 0.15) is 21.5 Å². The third-order valence-electron chi connectivity index (χ3n) is 3.05. The second kappa shape index (κ2) is 7.39. The highest BCUT2D eigenvalue weighted by Crippen LogP contribution is 2.33. The number of ether oxygens (including phenoxy) is 2.